The molecule has 0 aliphatic rings. The van der Waals surface area contributed by atoms with Crippen LogP contribution in [0.4, 0.5) is 5.69 Å². The van der Waals surface area contributed by atoms with Crippen LogP contribution in [0.5, 0.6) is 5.75 Å². The number of carbonyl (C=O) groups is 4. The number of nitrogens with one attached hydrogen (secondary N) is 3. The summed E-state index contributed by atoms with van der Waals surface area (Å²) in [6.07, 6.45) is 0.200. The van der Waals surface area contributed by atoms with Gasteiger partial charge in [0.2, 0.25) is 5.91 Å². The highest BCUT2D eigenvalue weighted by molar-refractivity contribution is 5.95. The van der Waals surface area contributed by atoms with E-state index < -0.39 is 30.3 Å². The van der Waals surface area contributed by atoms with E-state index in [1.54, 1.807) is 54.6 Å². The summed E-state index contributed by atoms with van der Waals surface area (Å²) in [7, 11) is 0. The molecule has 2 rings (SSSR count). The number of anilines is 1. The Labute approximate surface area is 180 Å². The second kappa shape index (κ2) is 12.6. The van der Waals surface area contributed by atoms with Crippen LogP contribution in [0, 0.1) is 0 Å². The number of amides is 3. The summed E-state index contributed by atoms with van der Waals surface area (Å²) in [5.41, 5.74) is 5.54. The molecule has 2 aromatic carbocycles. The second-order valence-corrected chi connectivity index (χ2v) is 6.39. The smallest absolute Gasteiger partial charge is 0.306 e. The molecule has 0 saturated carbocycles. The van der Waals surface area contributed by atoms with Gasteiger partial charge in [-0.15, -0.1) is 0 Å². The van der Waals surface area contributed by atoms with Crippen molar-refractivity contribution in [2.45, 2.75) is 26.2 Å². The Morgan fingerprint density at radius 2 is 1.55 bits per heavy atom. The molecule has 0 aliphatic heterocycles. The lowest BCUT2D eigenvalue weighted by Crippen LogP contribution is -2.41. The van der Waals surface area contributed by atoms with Gasteiger partial charge in [-0.1, -0.05) is 18.2 Å². The van der Waals surface area contributed by atoms with Gasteiger partial charge >= 0.3 is 5.97 Å². The number of benzene rings is 2. The van der Waals surface area contributed by atoms with E-state index in [0.29, 0.717) is 23.6 Å². The largest absolute Gasteiger partial charge is 0.494 e. The van der Waals surface area contributed by atoms with Crippen molar-refractivity contribution in [2.75, 3.05) is 18.5 Å². The predicted octanol–water partition coefficient (Wildman–Crippen LogP) is 2.20. The first-order valence-corrected chi connectivity index (χ1v) is 9.80. The van der Waals surface area contributed by atoms with E-state index in [0.717, 1.165) is 0 Å². The van der Waals surface area contributed by atoms with Crippen molar-refractivity contribution in [3.05, 3.63) is 60.2 Å². The van der Waals surface area contributed by atoms with Crippen molar-refractivity contribution in [3.63, 3.8) is 0 Å². The zero-order valence-electron chi connectivity index (χ0n) is 17.2. The van der Waals surface area contributed by atoms with Crippen LogP contribution in [0.3, 0.4) is 0 Å². The lowest BCUT2D eigenvalue weighted by molar-refractivity contribution is -0.147. The maximum absolute atomic E-state index is 11.9. The average molecular weight is 427 g/mol. The Hall–Kier alpha value is -3.88. The van der Waals surface area contributed by atoms with Crippen molar-refractivity contribution in [3.8, 4) is 5.75 Å². The lowest BCUT2D eigenvalue weighted by Gasteiger charge is -2.08. The molecule has 164 valence electrons. The van der Waals surface area contributed by atoms with Gasteiger partial charge < -0.3 is 14.8 Å². The number of rotatable bonds is 10. The molecule has 0 spiro atoms. The molecule has 3 N–H and O–H groups in total. The Kier molecular flexibility index (Phi) is 9.54. The number of carbonyl (C=O) groups excluding carboxylic acids is 4. The number of hydrogen-bond donors (Lipinski definition) is 3. The van der Waals surface area contributed by atoms with Gasteiger partial charge in [0.1, 0.15) is 5.75 Å². The molecule has 0 aromatic heterocycles. The van der Waals surface area contributed by atoms with Crippen LogP contribution in [0.25, 0.3) is 0 Å². The molecular weight excluding hydrogens is 402 g/mol. The van der Waals surface area contributed by atoms with Crippen LogP contribution in [0.15, 0.2) is 54.6 Å². The molecule has 31 heavy (non-hydrogen) atoms. The molecular formula is C22H25N3O6. The molecule has 2 aromatic rings. The van der Waals surface area contributed by atoms with Crippen molar-refractivity contribution in [1.82, 2.24) is 10.9 Å². The standard InChI is InChI=1S/C22H25N3O6/c1-2-30-18-13-11-17(12-14-18)23-20(27)15-31-21(28)10-6-9-19(26)24-25-22(29)16-7-4-3-5-8-16/h3-5,7-8,11-14H,2,6,9-10,15H2,1H3,(H,23,27)(H,24,26)(H,25,29). The Morgan fingerprint density at radius 3 is 2.23 bits per heavy atom. The summed E-state index contributed by atoms with van der Waals surface area (Å²) in [5.74, 6) is -1.25. The molecule has 0 atom stereocenters. The van der Waals surface area contributed by atoms with E-state index in [4.69, 9.17) is 9.47 Å². The van der Waals surface area contributed by atoms with E-state index in [1.807, 2.05) is 6.92 Å². The van der Waals surface area contributed by atoms with Gasteiger partial charge in [-0.3, -0.25) is 30.0 Å². The van der Waals surface area contributed by atoms with Crippen molar-refractivity contribution < 1.29 is 28.7 Å². The van der Waals surface area contributed by atoms with Gasteiger partial charge in [0.25, 0.3) is 11.8 Å². The summed E-state index contributed by atoms with van der Waals surface area (Å²) in [6.45, 7) is 2.00. The van der Waals surface area contributed by atoms with E-state index in [1.165, 1.54) is 0 Å². The van der Waals surface area contributed by atoms with Crippen molar-refractivity contribution in [2.24, 2.45) is 0 Å². The van der Waals surface area contributed by atoms with Crippen molar-refractivity contribution in [1.29, 1.82) is 0 Å². The summed E-state index contributed by atoms with van der Waals surface area (Å²) in [4.78, 5) is 47.1. The van der Waals surface area contributed by atoms with Gasteiger partial charge in [-0.2, -0.15) is 0 Å². The Balaban J connectivity index is 1.58. The van der Waals surface area contributed by atoms with E-state index in [-0.39, 0.29) is 19.3 Å². The first-order valence-electron chi connectivity index (χ1n) is 9.80. The maximum Gasteiger partial charge on any atom is 0.306 e. The van der Waals surface area contributed by atoms with Gasteiger partial charge in [0, 0.05) is 24.1 Å². The van der Waals surface area contributed by atoms with E-state index in [2.05, 4.69) is 16.2 Å². The summed E-state index contributed by atoms with van der Waals surface area (Å²) >= 11 is 0. The van der Waals surface area contributed by atoms with Crippen LogP contribution < -0.4 is 20.9 Å². The third-order valence-corrected chi connectivity index (χ3v) is 3.95. The van der Waals surface area contributed by atoms with Crippen LogP contribution in [0.2, 0.25) is 0 Å². The van der Waals surface area contributed by atoms with Crippen LogP contribution in [-0.2, 0) is 19.1 Å². The molecule has 0 heterocycles. The summed E-state index contributed by atoms with van der Waals surface area (Å²) in [5, 5.41) is 2.61. The topological polar surface area (TPSA) is 123 Å². The zero-order valence-corrected chi connectivity index (χ0v) is 17.2. The quantitative estimate of drug-likeness (QED) is 0.395. The normalized spacial score (nSPS) is 9.97. The molecule has 9 nitrogen and oxygen atoms in total. The average Bonchev–Trinajstić information content (AvgIpc) is 2.78. The lowest BCUT2D eigenvalue weighted by atomic mass is 10.2. The fourth-order valence-electron chi connectivity index (χ4n) is 2.46. The number of hydrazine groups is 1. The fourth-order valence-corrected chi connectivity index (χ4v) is 2.46. The molecule has 3 amide bonds. The highest BCUT2D eigenvalue weighted by Crippen LogP contribution is 2.15. The van der Waals surface area contributed by atoms with Crippen LogP contribution >= 0.6 is 0 Å². The number of esters is 1. The monoisotopic (exact) mass is 427 g/mol. The second-order valence-electron chi connectivity index (χ2n) is 6.39. The first kappa shape index (κ1) is 23.4. The zero-order chi connectivity index (χ0) is 22.5. The minimum atomic E-state index is -0.594. The third kappa shape index (κ3) is 8.99. The van der Waals surface area contributed by atoms with E-state index in [9.17, 15) is 19.2 Å². The molecule has 0 unspecified atom stereocenters. The SMILES string of the molecule is CCOc1ccc(NC(=O)COC(=O)CCCC(=O)NNC(=O)c2ccccc2)cc1. The Morgan fingerprint density at radius 1 is 0.839 bits per heavy atom. The molecule has 9 heteroatoms. The minimum absolute atomic E-state index is 0.0164. The number of hydrogen-bond acceptors (Lipinski definition) is 6. The highest BCUT2D eigenvalue weighted by Gasteiger charge is 2.11. The molecule has 0 saturated heterocycles. The van der Waals surface area contributed by atoms with Gasteiger partial charge in [0.15, 0.2) is 6.61 Å². The molecule has 0 bridgehead atoms. The van der Waals surface area contributed by atoms with Crippen LogP contribution in [0.1, 0.15) is 36.5 Å². The number of ether oxygens (including phenoxy) is 2. The first-order chi connectivity index (χ1) is 15.0. The fraction of sp³-hybridized carbons (Fsp3) is 0.273. The predicted molar refractivity (Wildman–Crippen MR) is 113 cm³/mol. The summed E-state index contributed by atoms with van der Waals surface area (Å²) in [6, 6.07) is 15.2. The highest BCUT2D eigenvalue weighted by atomic mass is 16.5. The molecule has 0 aliphatic carbocycles. The van der Waals surface area contributed by atoms with Gasteiger partial charge in [-0.05, 0) is 49.7 Å². The van der Waals surface area contributed by atoms with Gasteiger partial charge in [0.05, 0.1) is 6.61 Å². The molecule has 0 fully saturated rings. The maximum atomic E-state index is 11.9. The van der Waals surface area contributed by atoms with Crippen molar-refractivity contribution >= 4 is 29.4 Å². The van der Waals surface area contributed by atoms with Gasteiger partial charge in [-0.25, -0.2) is 0 Å². The third-order valence-electron chi connectivity index (χ3n) is 3.95. The van der Waals surface area contributed by atoms with Crippen LogP contribution in [-0.4, -0.2) is 36.9 Å². The minimum Gasteiger partial charge on any atom is -0.494 e. The summed E-state index contributed by atoms with van der Waals surface area (Å²) < 4.78 is 10.2. The van der Waals surface area contributed by atoms with E-state index >= 15 is 0 Å². The Bertz CT molecular complexity index is 884. The molecule has 0 radical (unpaired) electrons.